The van der Waals surface area contributed by atoms with Crippen LogP contribution in [0.4, 0.5) is 0 Å². The molecular formula is C15H9BrN4. The van der Waals surface area contributed by atoms with Gasteiger partial charge >= 0.3 is 0 Å². The number of pyridine rings is 1. The minimum atomic E-state index is 0.738. The molecule has 96 valence electrons. The lowest BCUT2D eigenvalue weighted by atomic mass is 10.2. The van der Waals surface area contributed by atoms with Gasteiger partial charge in [0.15, 0.2) is 5.65 Å². The molecule has 0 spiro atoms. The molecule has 0 radical (unpaired) electrons. The van der Waals surface area contributed by atoms with E-state index < -0.39 is 0 Å². The Kier molecular flexibility index (Phi) is 2.53. The molecule has 4 nitrogen and oxygen atoms in total. The molecule has 0 unspecified atom stereocenters. The van der Waals surface area contributed by atoms with Gasteiger partial charge in [0.25, 0.3) is 0 Å². The van der Waals surface area contributed by atoms with Gasteiger partial charge in [-0.15, -0.1) is 0 Å². The van der Waals surface area contributed by atoms with Gasteiger partial charge in [0.2, 0.25) is 0 Å². The van der Waals surface area contributed by atoms with E-state index in [0.29, 0.717) is 0 Å². The van der Waals surface area contributed by atoms with Crippen molar-refractivity contribution >= 4 is 38.0 Å². The third kappa shape index (κ3) is 1.71. The topological polar surface area (TPSA) is 43.6 Å². The van der Waals surface area contributed by atoms with Crippen LogP contribution in [0.1, 0.15) is 0 Å². The molecular weight excluding hydrogens is 316 g/mol. The number of fused-ring (bicyclic) bond motifs is 2. The normalized spacial score (nSPS) is 11.2. The van der Waals surface area contributed by atoms with Crippen molar-refractivity contribution in [3.63, 3.8) is 0 Å². The quantitative estimate of drug-likeness (QED) is 0.536. The second-order valence-corrected chi connectivity index (χ2v) is 5.25. The van der Waals surface area contributed by atoms with Gasteiger partial charge in [-0.3, -0.25) is 9.55 Å². The van der Waals surface area contributed by atoms with Crippen molar-refractivity contribution in [3.05, 3.63) is 59.6 Å². The molecule has 1 aromatic carbocycles. The van der Waals surface area contributed by atoms with Crippen LogP contribution in [0.2, 0.25) is 0 Å². The average molecular weight is 325 g/mol. The molecule has 3 aromatic heterocycles. The molecule has 4 rings (SSSR count). The number of rotatable bonds is 1. The van der Waals surface area contributed by atoms with Gasteiger partial charge in [-0.1, -0.05) is 18.2 Å². The molecule has 0 fully saturated rings. The maximum atomic E-state index is 4.46. The van der Waals surface area contributed by atoms with Crippen LogP contribution < -0.4 is 0 Å². The number of para-hydroxylation sites is 1. The summed E-state index contributed by atoms with van der Waals surface area (Å²) in [5.74, 6) is 0. The van der Waals surface area contributed by atoms with E-state index in [9.17, 15) is 0 Å². The number of benzene rings is 1. The average Bonchev–Trinajstić information content (AvgIpc) is 2.89. The monoisotopic (exact) mass is 324 g/mol. The molecule has 0 amide bonds. The Hall–Kier alpha value is -2.27. The van der Waals surface area contributed by atoms with Gasteiger partial charge in [-0.2, -0.15) is 0 Å². The Labute approximate surface area is 123 Å². The third-order valence-electron chi connectivity index (χ3n) is 3.24. The Morgan fingerprint density at radius 2 is 1.85 bits per heavy atom. The maximum absolute atomic E-state index is 4.46. The van der Waals surface area contributed by atoms with Gasteiger partial charge in [-0.25, -0.2) is 9.97 Å². The first kappa shape index (κ1) is 11.5. The molecule has 0 saturated heterocycles. The van der Waals surface area contributed by atoms with E-state index in [1.807, 2.05) is 47.3 Å². The van der Waals surface area contributed by atoms with Crippen molar-refractivity contribution in [1.29, 1.82) is 0 Å². The third-order valence-corrected chi connectivity index (χ3v) is 3.63. The van der Waals surface area contributed by atoms with Crippen LogP contribution in [0, 0.1) is 0 Å². The highest BCUT2D eigenvalue weighted by molar-refractivity contribution is 9.10. The molecule has 20 heavy (non-hydrogen) atoms. The minimum absolute atomic E-state index is 0.738. The van der Waals surface area contributed by atoms with Gasteiger partial charge in [0.1, 0.15) is 10.1 Å². The van der Waals surface area contributed by atoms with Gasteiger partial charge in [0, 0.05) is 17.8 Å². The van der Waals surface area contributed by atoms with Crippen molar-refractivity contribution in [3.8, 4) is 5.69 Å². The number of hydrogen-bond donors (Lipinski definition) is 0. The smallest absolute Gasteiger partial charge is 0.163 e. The highest BCUT2D eigenvalue weighted by atomic mass is 79.9. The lowest BCUT2D eigenvalue weighted by molar-refractivity contribution is 1.09. The largest absolute Gasteiger partial charge is 0.299 e. The van der Waals surface area contributed by atoms with Crippen LogP contribution in [0.25, 0.3) is 27.8 Å². The summed E-state index contributed by atoms with van der Waals surface area (Å²) in [6.07, 6.45) is 5.51. The zero-order valence-electron chi connectivity index (χ0n) is 10.4. The van der Waals surface area contributed by atoms with Crippen molar-refractivity contribution in [1.82, 2.24) is 19.5 Å². The van der Waals surface area contributed by atoms with E-state index in [4.69, 9.17) is 0 Å². The fourth-order valence-electron chi connectivity index (χ4n) is 2.37. The molecule has 0 aliphatic carbocycles. The predicted octanol–water partition coefficient (Wildman–Crippen LogP) is 3.73. The standard InChI is InChI=1S/C15H9BrN4/c16-14-9-18-15-12(19-14)6-8-20(15)13-5-7-17-11-4-2-1-3-10(11)13/h1-9H. The lowest BCUT2D eigenvalue weighted by Crippen LogP contribution is -1.96. The van der Waals surface area contributed by atoms with Gasteiger partial charge < -0.3 is 0 Å². The summed E-state index contributed by atoms with van der Waals surface area (Å²) in [4.78, 5) is 13.3. The summed E-state index contributed by atoms with van der Waals surface area (Å²) in [5, 5.41) is 1.09. The van der Waals surface area contributed by atoms with E-state index in [2.05, 4.69) is 36.9 Å². The first-order chi connectivity index (χ1) is 9.83. The predicted molar refractivity (Wildman–Crippen MR) is 81.9 cm³/mol. The SMILES string of the molecule is Brc1cnc2c(ccn2-c2ccnc3ccccc23)n1. The summed E-state index contributed by atoms with van der Waals surface area (Å²) < 4.78 is 2.78. The molecule has 0 aliphatic rings. The fourth-order valence-corrected chi connectivity index (χ4v) is 2.67. The molecule has 4 aromatic rings. The van der Waals surface area contributed by atoms with Gasteiger partial charge in [-0.05, 0) is 34.1 Å². The summed E-state index contributed by atoms with van der Waals surface area (Å²) in [6.45, 7) is 0. The van der Waals surface area contributed by atoms with Crippen LogP contribution in [0.3, 0.4) is 0 Å². The van der Waals surface area contributed by atoms with Crippen molar-refractivity contribution in [2.75, 3.05) is 0 Å². The minimum Gasteiger partial charge on any atom is -0.299 e. The van der Waals surface area contributed by atoms with E-state index in [0.717, 1.165) is 32.4 Å². The van der Waals surface area contributed by atoms with Crippen LogP contribution in [0.5, 0.6) is 0 Å². The molecule has 0 aliphatic heterocycles. The fraction of sp³-hybridized carbons (Fsp3) is 0. The maximum Gasteiger partial charge on any atom is 0.163 e. The van der Waals surface area contributed by atoms with Crippen LogP contribution >= 0.6 is 15.9 Å². The van der Waals surface area contributed by atoms with E-state index in [-0.39, 0.29) is 0 Å². The molecule has 0 saturated carbocycles. The summed E-state index contributed by atoms with van der Waals surface area (Å²) in [6, 6.07) is 12.0. The van der Waals surface area contributed by atoms with Crippen molar-refractivity contribution in [2.45, 2.75) is 0 Å². The van der Waals surface area contributed by atoms with Crippen molar-refractivity contribution in [2.24, 2.45) is 0 Å². The first-order valence-corrected chi connectivity index (χ1v) is 6.96. The van der Waals surface area contributed by atoms with Crippen LogP contribution in [-0.2, 0) is 0 Å². The Balaban J connectivity index is 2.06. The number of hydrogen-bond acceptors (Lipinski definition) is 3. The molecule has 0 N–H and O–H groups in total. The molecule has 3 heterocycles. The summed E-state index contributed by atoms with van der Waals surface area (Å²) in [7, 11) is 0. The summed E-state index contributed by atoms with van der Waals surface area (Å²) >= 11 is 3.34. The Morgan fingerprint density at radius 3 is 2.80 bits per heavy atom. The van der Waals surface area contributed by atoms with Crippen molar-refractivity contribution < 1.29 is 0 Å². The van der Waals surface area contributed by atoms with Crippen LogP contribution in [0.15, 0.2) is 59.6 Å². The highest BCUT2D eigenvalue weighted by Gasteiger charge is 2.09. The number of halogens is 1. The zero-order chi connectivity index (χ0) is 13.5. The summed E-state index contributed by atoms with van der Waals surface area (Å²) in [5.41, 5.74) is 3.73. The number of aromatic nitrogens is 4. The molecule has 5 heteroatoms. The molecule has 0 bridgehead atoms. The Morgan fingerprint density at radius 1 is 0.950 bits per heavy atom. The second-order valence-electron chi connectivity index (χ2n) is 4.43. The number of nitrogens with zero attached hydrogens (tertiary/aromatic N) is 4. The van der Waals surface area contributed by atoms with E-state index >= 15 is 0 Å². The lowest BCUT2D eigenvalue weighted by Gasteiger charge is -2.08. The van der Waals surface area contributed by atoms with Crippen LogP contribution in [-0.4, -0.2) is 19.5 Å². The van der Waals surface area contributed by atoms with E-state index in [1.54, 1.807) is 6.20 Å². The highest BCUT2D eigenvalue weighted by Crippen LogP contribution is 2.24. The second kappa shape index (κ2) is 4.38. The molecule has 0 atom stereocenters. The van der Waals surface area contributed by atoms with E-state index in [1.165, 1.54) is 0 Å². The van der Waals surface area contributed by atoms with Gasteiger partial charge in [0.05, 0.1) is 17.4 Å². The Bertz CT molecular complexity index is 924. The first-order valence-electron chi connectivity index (χ1n) is 6.17. The zero-order valence-corrected chi connectivity index (χ0v) is 11.9.